The van der Waals surface area contributed by atoms with Gasteiger partial charge in [0.25, 0.3) is 0 Å². The van der Waals surface area contributed by atoms with Gasteiger partial charge >= 0.3 is 0 Å². The van der Waals surface area contributed by atoms with Crippen LogP contribution >= 0.6 is 23.4 Å². The van der Waals surface area contributed by atoms with Gasteiger partial charge in [-0.2, -0.15) is 0 Å². The van der Waals surface area contributed by atoms with Gasteiger partial charge in [0.1, 0.15) is 0 Å². The van der Waals surface area contributed by atoms with Gasteiger partial charge in [-0.3, -0.25) is 0 Å². The molecule has 0 heterocycles. The third-order valence-electron chi connectivity index (χ3n) is 3.09. The Balaban J connectivity index is 2.17. The molecule has 0 nitrogen and oxygen atoms in total. The highest BCUT2D eigenvalue weighted by molar-refractivity contribution is 7.98. The average molecular weight is 289 g/mol. The zero-order chi connectivity index (χ0) is 13.7. The summed E-state index contributed by atoms with van der Waals surface area (Å²) < 4.78 is 0. The number of thioether (sulfide) groups is 1. The lowest BCUT2D eigenvalue weighted by atomic mass is 10.00. The molecule has 0 fully saturated rings. The minimum Gasteiger partial charge on any atom is -0.130 e. The van der Waals surface area contributed by atoms with Gasteiger partial charge in [-0.25, -0.2) is 0 Å². The van der Waals surface area contributed by atoms with E-state index in [2.05, 4.69) is 43.5 Å². The van der Waals surface area contributed by atoms with Gasteiger partial charge in [-0.05, 0) is 29.5 Å². The number of rotatable bonds is 4. The van der Waals surface area contributed by atoms with Crippen molar-refractivity contribution in [2.24, 2.45) is 0 Å². The van der Waals surface area contributed by atoms with E-state index < -0.39 is 0 Å². The fourth-order valence-electron chi connectivity index (χ4n) is 1.92. The van der Waals surface area contributed by atoms with Crippen molar-refractivity contribution in [3.8, 4) is 0 Å². The normalized spacial score (nSPS) is 13.3. The Morgan fingerprint density at radius 2 is 1.68 bits per heavy atom. The van der Waals surface area contributed by atoms with E-state index in [-0.39, 0.29) is 0 Å². The first-order valence-corrected chi connectivity index (χ1v) is 7.87. The van der Waals surface area contributed by atoms with Crippen molar-refractivity contribution in [3.05, 3.63) is 71.8 Å². The molecule has 0 N–H and O–H groups in total. The first-order valence-electron chi connectivity index (χ1n) is 6.27. The van der Waals surface area contributed by atoms with Crippen LogP contribution < -0.4 is 0 Å². The van der Waals surface area contributed by atoms with Crippen LogP contribution in [-0.2, 0) is 0 Å². The Labute approximate surface area is 124 Å². The van der Waals surface area contributed by atoms with E-state index in [1.165, 1.54) is 10.5 Å². The van der Waals surface area contributed by atoms with Crippen LogP contribution in [0.5, 0.6) is 0 Å². The quantitative estimate of drug-likeness (QED) is 0.642. The van der Waals surface area contributed by atoms with Crippen molar-refractivity contribution < 1.29 is 0 Å². The van der Waals surface area contributed by atoms with Crippen molar-refractivity contribution >= 4 is 28.4 Å². The molecular formula is C17H17ClS. The molecular weight excluding hydrogens is 272 g/mol. The van der Waals surface area contributed by atoms with Crippen LogP contribution in [0, 0.1) is 0 Å². The highest BCUT2D eigenvalue weighted by atomic mass is 35.5. The van der Waals surface area contributed by atoms with Gasteiger partial charge in [0.2, 0.25) is 0 Å². The van der Waals surface area contributed by atoms with E-state index in [1.54, 1.807) is 11.8 Å². The predicted octanol–water partition coefficient (Wildman–Crippen LogP) is 5.79. The summed E-state index contributed by atoms with van der Waals surface area (Å²) in [6.07, 6.45) is 4.19. The summed E-state index contributed by atoms with van der Waals surface area (Å²) in [4.78, 5) is 1.29. The van der Waals surface area contributed by atoms with Crippen LogP contribution in [0.15, 0.2) is 65.6 Å². The lowest BCUT2D eigenvalue weighted by molar-refractivity contribution is 0.968. The fourth-order valence-corrected chi connectivity index (χ4v) is 2.64. The molecule has 2 aromatic carbocycles. The van der Waals surface area contributed by atoms with E-state index in [0.717, 1.165) is 10.6 Å². The topological polar surface area (TPSA) is 0 Å². The highest BCUT2D eigenvalue weighted by Gasteiger charge is 2.05. The third-order valence-corrected chi connectivity index (χ3v) is 4.18. The summed E-state index contributed by atoms with van der Waals surface area (Å²) in [6, 6.07) is 18.7. The Hall–Kier alpha value is -1.18. The van der Waals surface area contributed by atoms with Gasteiger partial charge in [0, 0.05) is 15.8 Å². The van der Waals surface area contributed by atoms with E-state index in [0.29, 0.717) is 5.92 Å². The zero-order valence-corrected chi connectivity index (χ0v) is 12.7. The zero-order valence-electron chi connectivity index (χ0n) is 11.1. The van der Waals surface area contributed by atoms with Crippen LogP contribution in [0.2, 0.25) is 0 Å². The van der Waals surface area contributed by atoms with Gasteiger partial charge in [-0.15, -0.1) is 11.8 Å². The molecule has 2 heteroatoms. The molecule has 0 saturated heterocycles. The van der Waals surface area contributed by atoms with E-state index in [4.69, 9.17) is 11.6 Å². The molecule has 0 aromatic heterocycles. The molecule has 1 unspecified atom stereocenters. The van der Waals surface area contributed by atoms with Crippen molar-refractivity contribution in [2.45, 2.75) is 17.7 Å². The van der Waals surface area contributed by atoms with Crippen molar-refractivity contribution in [3.63, 3.8) is 0 Å². The van der Waals surface area contributed by atoms with Crippen molar-refractivity contribution in [1.29, 1.82) is 0 Å². The largest absolute Gasteiger partial charge is 0.130 e. The molecule has 19 heavy (non-hydrogen) atoms. The summed E-state index contributed by atoms with van der Waals surface area (Å²) in [5.41, 5.74) is 2.35. The minimum absolute atomic E-state index is 0.309. The maximum Gasteiger partial charge on any atom is 0.0444 e. The van der Waals surface area contributed by atoms with Crippen LogP contribution in [-0.4, -0.2) is 6.26 Å². The molecule has 0 aliphatic heterocycles. The van der Waals surface area contributed by atoms with Crippen LogP contribution in [0.3, 0.4) is 0 Å². The number of allylic oxidation sites excluding steroid dienone is 1. The standard InChI is InChI=1S/C17H17ClS/c1-13(14-8-10-16(19-2)11-9-14)12-17(18)15-6-4-3-5-7-15/h3-13H,1-2H3/b17-12-. The molecule has 0 amide bonds. The minimum atomic E-state index is 0.309. The van der Waals surface area contributed by atoms with Gasteiger partial charge in [0.05, 0.1) is 0 Å². The molecule has 0 saturated carbocycles. The molecule has 0 bridgehead atoms. The lowest BCUT2D eigenvalue weighted by Gasteiger charge is -2.09. The molecule has 0 radical (unpaired) electrons. The summed E-state index contributed by atoms with van der Waals surface area (Å²) in [5.74, 6) is 0.309. The first-order chi connectivity index (χ1) is 9.20. The molecule has 1 atom stereocenters. The monoisotopic (exact) mass is 288 g/mol. The second kappa shape index (κ2) is 6.83. The first kappa shape index (κ1) is 14.2. The molecule has 2 rings (SSSR count). The van der Waals surface area contributed by atoms with Crippen LogP contribution in [0.4, 0.5) is 0 Å². The molecule has 0 spiro atoms. The average Bonchev–Trinajstić information content (AvgIpc) is 2.48. The van der Waals surface area contributed by atoms with Gasteiger partial charge in [-0.1, -0.05) is 67.1 Å². The van der Waals surface area contributed by atoms with Crippen molar-refractivity contribution in [1.82, 2.24) is 0 Å². The summed E-state index contributed by atoms with van der Waals surface area (Å²) in [7, 11) is 0. The second-order valence-corrected chi connectivity index (χ2v) is 5.73. The second-order valence-electron chi connectivity index (χ2n) is 4.44. The molecule has 2 aromatic rings. The molecule has 98 valence electrons. The van der Waals surface area contributed by atoms with Crippen LogP contribution in [0.25, 0.3) is 5.03 Å². The number of halogens is 1. The van der Waals surface area contributed by atoms with E-state index >= 15 is 0 Å². The Bertz CT molecular complexity index is 543. The van der Waals surface area contributed by atoms with Crippen LogP contribution in [0.1, 0.15) is 24.0 Å². The molecule has 0 aliphatic carbocycles. The van der Waals surface area contributed by atoms with Gasteiger partial charge in [0.15, 0.2) is 0 Å². The van der Waals surface area contributed by atoms with E-state index in [1.807, 2.05) is 30.3 Å². The highest BCUT2D eigenvalue weighted by Crippen LogP contribution is 2.26. The summed E-state index contributed by atoms with van der Waals surface area (Å²) in [5, 5.41) is 0.807. The Morgan fingerprint density at radius 3 is 2.26 bits per heavy atom. The SMILES string of the molecule is CSc1ccc(C(C)/C=C(\Cl)c2ccccc2)cc1. The maximum atomic E-state index is 6.37. The Morgan fingerprint density at radius 1 is 1.05 bits per heavy atom. The Kier molecular flexibility index (Phi) is 5.12. The third kappa shape index (κ3) is 3.89. The summed E-state index contributed by atoms with van der Waals surface area (Å²) in [6.45, 7) is 2.17. The molecule has 0 aliphatic rings. The number of hydrogen-bond acceptors (Lipinski definition) is 1. The van der Waals surface area contributed by atoms with Gasteiger partial charge < -0.3 is 0 Å². The maximum absolute atomic E-state index is 6.37. The van der Waals surface area contributed by atoms with E-state index in [9.17, 15) is 0 Å². The fraction of sp³-hybridized carbons (Fsp3) is 0.176. The summed E-state index contributed by atoms with van der Waals surface area (Å²) >= 11 is 8.13. The van der Waals surface area contributed by atoms with Crippen molar-refractivity contribution in [2.75, 3.05) is 6.26 Å². The number of hydrogen-bond donors (Lipinski definition) is 0. The smallest absolute Gasteiger partial charge is 0.0444 e. The number of benzene rings is 2. The predicted molar refractivity (Wildman–Crippen MR) is 86.9 cm³/mol. The lowest BCUT2D eigenvalue weighted by Crippen LogP contribution is -1.90.